The van der Waals surface area contributed by atoms with Gasteiger partial charge in [0, 0.05) is 26.2 Å². The molecular formula is C20H23F3N4O. The molecule has 0 saturated heterocycles. The Kier molecular flexibility index (Phi) is 5.29. The fourth-order valence-corrected chi connectivity index (χ4v) is 3.72. The van der Waals surface area contributed by atoms with Gasteiger partial charge >= 0.3 is 6.18 Å². The standard InChI is InChI=1S/C20H23F3N4O/c21-20(22,23)18-3-1-16-12-27(8-6-15(16)9-18)25-13-28-19-4-2-14-5-7-26(24)11-17(14)10-19/h1-4,9-10,25H,5-8,11-13,24H2. The Balaban J connectivity index is 1.31. The van der Waals surface area contributed by atoms with Gasteiger partial charge in [-0.1, -0.05) is 12.1 Å². The van der Waals surface area contributed by atoms with E-state index >= 15 is 0 Å². The number of fused-ring (bicyclic) bond motifs is 2. The summed E-state index contributed by atoms with van der Waals surface area (Å²) in [6.07, 6.45) is -2.79. The molecule has 0 bridgehead atoms. The van der Waals surface area contributed by atoms with Crippen molar-refractivity contribution >= 4 is 0 Å². The van der Waals surface area contributed by atoms with Gasteiger partial charge in [-0.3, -0.25) is 5.84 Å². The zero-order chi connectivity index (χ0) is 19.7. The maximum Gasteiger partial charge on any atom is 0.416 e. The Labute approximate surface area is 161 Å². The van der Waals surface area contributed by atoms with Crippen molar-refractivity contribution in [2.45, 2.75) is 32.1 Å². The highest BCUT2D eigenvalue weighted by Gasteiger charge is 2.31. The van der Waals surface area contributed by atoms with Crippen LogP contribution < -0.4 is 16.0 Å². The predicted octanol–water partition coefficient (Wildman–Crippen LogP) is 2.84. The molecule has 0 spiro atoms. The van der Waals surface area contributed by atoms with Crippen LogP contribution in [0.1, 0.15) is 27.8 Å². The summed E-state index contributed by atoms with van der Waals surface area (Å²) in [6, 6.07) is 10.0. The van der Waals surface area contributed by atoms with E-state index in [1.54, 1.807) is 11.1 Å². The van der Waals surface area contributed by atoms with Gasteiger partial charge in [0.05, 0.1) is 5.56 Å². The van der Waals surface area contributed by atoms with Crippen molar-refractivity contribution in [3.8, 4) is 5.75 Å². The fraction of sp³-hybridized carbons (Fsp3) is 0.400. The second-order valence-corrected chi connectivity index (χ2v) is 7.25. The average Bonchev–Trinajstić information content (AvgIpc) is 2.66. The summed E-state index contributed by atoms with van der Waals surface area (Å²) in [7, 11) is 0. The normalized spacial score (nSPS) is 17.9. The van der Waals surface area contributed by atoms with E-state index in [0.717, 1.165) is 35.9 Å². The van der Waals surface area contributed by atoms with Crippen molar-refractivity contribution < 1.29 is 17.9 Å². The van der Waals surface area contributed by atoms with Crippen molar-refractivity contribution in [3.63, 3.8) is 0 Å². The fourth-order valence-electron chi connectivity index (χ4n) is 3.72. The summed E-state index contributed by atoms with van der Waals surface area (Å²) in [4.78, 5) is 0. The maximum atomic E-state index is 12.8. The molecule has 0 aliphatic carbocycles. The Morgan fingerprint density at radius 1 is 0.929 bits per heavy atom. The minimum Gasteiger partial charge on any atom is -0.477 e. The molecular weight excluding hydrogens is 369 g/mol. The molecule has 0 fully saturated rings. The molecule has 2 heterocycles. The lowest BCUT2D eigenvalue weighted by Crippen LogP contribution is -2.43. The summed E-state index contributed by atoms with van der Waals surface area (Å²) >= 11 is 0. The molecule has 150 valence electrons. The highest BCUT2D eigenvalue weighted by molar-refractivity contribution is 5.37. The molecule has 0 aromatic heterocycles. The van der Waals surface area contributed by atoms with Crippen molar-refractivity contribution in [1.29, 1.82) is 0 Å². The molecule has 2 aliphatic heterocycles. The van der Waals surface area contributed by atoms with E-state index < -0.39 is 11.7 Å². The van der Waals surface area contributed by atoms with Crippen LogP contribution in [0.15, 0.2) is 36.4 Å². The van der Waals surface area contributed by atoms with Crippen molar-refractivity contribution in [3.05, 3.63) is 64.2 Å². The Bertz CT molecular complexity index is 856. The lowest BCUT2D eigenvalue weighted by Gasteiger charge is -2.29. The second-order valence-electron chi connectivity index (χ2n) is 7.25. The van der Waals surface area contributed by atoms with E-state index in [0.29, 0.717) is 32.8 Å². The number of nitrogens with zero attached hydrogens (tertiary/aromatic N) is 2. The average molecular weight is 392 g/mol. The maximum absolute atomic E-state index is 12.8. The zero-order valence-electron chi connectivity index (χ0n) is 15.4. The van der Waals surface area contributed by atoms with Crippen LogP contribution in [-0.2, 0) is 32.1 Å². The molecule has 5 nitrogen and oxygen atoms in total. The molecule has 2 aromatic carbocycles. The third-order valence-electron chi connectivity index (χ3n) is 5.29. The van der Waals surface area contributed by atoms with E-state index in [2.05, 4.69) is 11.5 Å². The molecule has 4 rings (SSSR count). The second kappa shape index (κ2) is 7.71. The van der Waals surface area contributed by atoms with Crippen LogP contribution >= 0.6 is 0 Å². The highest BCUT2D eigenvalue weighted by Crippen LogP contribution is 2.32. The number of nitrogens with two attached hydrogens (primary N) is 1. The van der Waals surface area contributed by atoms with Crippen LogP contribution in [-0.4, -0.2) is 29.8 Å². The summed E-state index contributed by atoms with van der Waals surface area (Å²) in [5.74, 6) is 6.65. The van der Waals surface area contributed by atoms with Crippen LogP contribution in [0.5, 0.6) is 5.75 Å². The van der Waals surface area contributed by atoms with E-state index in [1.807, 2.05) is 17.1 Å². The first-order chi connectivity index (χ1) is 13.4. The van der Waals surface area contributed by atoms with Crippen LogP contribution in [0.2, 0.25) is 0 Å². The number of halogens is 3. The number of rotatable bonds is 4. The highest BCUT2D eigenvalue weighted by atomic mass is 19.4. The molecule has 0 atom stereocenters. The first-order valence-corrected chi connectivity index (χ1v) is 9.30. The number of nitrogens with one attached hydrogen (secondary N) is 1. The van der Waals surface area contributed by atoms with Crippen LogP contribution in [0.3, 0.4) is 0 Å². The van der Waals surface area contributed by atoms with Crippen LogP contribution in [0, 0.1) is 0 Å². The lowest BCUT2D eigenvalue weighted by atomic mass is 9.98. The molecule has 2 aromatic rings. The quantitative estimate of drug-likeness (QED) is 0.619. The minimum absolute atomic E-state index is 0.293. The minimum atomic E-state index is -4.30. The smallest absolute Gasteiger partial charge is 0.416 e. The number of hydrogen-bond donors (Lipinski definition) is 2. The van der Waals surface area contributed by atoms with Crippen molar-refractivity contribution in [1.82, 2.24) is 15.4 Å². The third-order valence-corrected chi connectivity index (χ3v) is 5.29. The molecule has 8 heteroatoms. The van der Waals surface area contributed by atoms with Gasteiger partial charge in [-0.15, -0.1) is 0 Å². The van der Waals surface area contributed by atoms with Crippen molar-refractivity contribution in [2.24, 2.45) is 5.84 Å². The molecule has 0 saturated carbocycles. The lowest BCUT2D eigenvalue weighted by molar-refractivity contribution is -0.137. The monoisotopic (exact) mass is 392 g/mol. The van der Waals surface area contributed by atoms with E-state index in [-0.39, 0.29) is 0 Å². The largest absolute Gasteiger partial charge is 0.477 e. The number of ether oxygens (including phenoxy) is 1. The number of alkyl halides is 3. The zero-order valence-corrected chi connectivity index (χ0v) is 15.4. The molecule has 2 aliphatic rings. The van der Waals surface area contributed by atoms with Gasteiger partial charge < -0.3 is 4.74 Å². The van der Waals surface area contributed by atoms with E-state index in [1.165, 1.54) is 17.2 Å². The Morgan fingerprint density at radius 3 is 2.54 bits per heavy atom. The summed E-state index contributed by atoms with van der Waals surface area (Å²) in [6.45, 7) is 3.03. The molecule has 0 radical (unpaired) electrons. The molecule has 28 heavy (non-hydrogen) atoms. The third kappa shape index (κ3) is 4.30. The van der Waals surface area contributed by atoms with E-state index in [4.69, 9.17) is 10.6 Å². The van der Waals surface area contributed by atoms with Gasteiger partial charge in [0.2, 0.25) is 0 Å². The SMILES string of the molecule is NN1CCc2ccc(OCNN3CCc4cc(C(F)(F)F)ccc4C3)cc2C1. The molecule has 0 unspecified atom stereocenters. The van der Waals surface area contributed by atoms with E-state index in [9.17, 15) is 13.2 Å². The topological polar surface area (TPSA) is 53.8 Å². The van der Waals surface area contributed by atoms with Gasteiger partial charge in [0.1, 0.15) is 5.75 Å². The Hall–Kier alpha value is -2.13. The van der Waals surface area contributed by atoms with Gasteiger partial charge in [0.25, 0.3) is 0 Å². The first kappa shape index (κ1) is 19.2. The number of hydrogen-bond acceptors (Lipinski definition) is 5. The first-order valence-electron chi connectivity index (χ1n) is 9.30. The van der Waals surface area contributed by atoms with Crippen LogP contribution in [0.4, 0.5) is 13.2 Å². The van der Waals surface area contributed by atoms with Crippen LogP contribution in [0.25, 0.3) is 0 Å². The van der Waals surface area contributed by atoms with Crippen molar-refractivity contribution in [2.75, 3.05) is 19.8 Å². The predicted molar refractivity (Wildman–Crippen MR) is 98.9 cm³/mol. The molecule has 0 amide bonds. The van der Waals surface area contributed by atoms with Gasteiger partial charge in [0.15, 0.2) is 6.73 Å². The number of hydrazine groups is 2. The summed E-state index contributed by atoms with van der Waals surface area (Å²) in [5.41, 5.74) is 6.76. The molecule has 3 N–H and O–H groups in total. The number of benzene rings is 2. The summed E-state index contributed by atoms with van der Waals surface area (Å²) in [5, 5.41) is 3.76. The van der Waals surface area contributed by atoms with Gasteiger partial charge in [-0.2, -0.15) is 13.2 Å². The summed E-state index contributed by atoms with van der Waals surface area (Å²) < 4.78 is 44.3. The van der Waals surface area contributed by atoms with Gasteiger partial charge in [-0.25, -0.2) is 15.4 Å². The Morgan fingerprint density at radius 2 is 1.71 bits per heavy atom. The van der Waals surface area contributed by atoms with Gasteiger partial charge in [-0.05, 0) is 59.4 Å².